The number of carbonyl (C=O) groups is 2. The number of piperazine rings is 1. The molecule has 1 aromatic rings. The normalized spacial score (nSPS) is 15.4. The summed E-state index contributed by atoms with van der Waals surface area (Å²) in [6, 6.07) is 6.37. The van der Waals surface area contributed by atoms with Gasteiger partial charge < -0.3 is 15.1 Å². The summed E-state index contributed by atoms with van der Waals surface area (Å²) in [4.78, 5) is 30.4. The maximum absolute atomic E-state index is 12.6. The fraction of sp³-hybridized carbons (Fsp3) is 0.450. The van der Waals surface area contributed by atoms with Crippen LogP contribution >= 0.6 is 0 Å². The number of aliphatic carboxylic acids is 1. The van der Waals surface area contributed by atoms with Crippen LogP contribution in [0.25, 0.3) is 10.9 Å². The number of nitrogens with zero attached hydrogens (tertiary/aromatic N) is 3. The summed E-state index contributed by atoms with van der Waals surface area (Å²) >= 11 is 0. The molecule has 0 atom stereocenters. The number of carboxylic acid groups (broad SMARTS) is 1. The predicted molar refractivity (Wildman–Crippen MR) is 102 cm³/mol. The van der Waals surface area contributed by atoms with Crippen molar-refractivity contribution < 1.29 is 19.8 Å². The van der Waals surface area contributed by atoms with Crippen molar-refractivity contribution in [2.24, 2.45) is 0 Å². The Morgan fingerprint density at radius 2 is 1.74 bits per heavy atom. The first-order valence-corrected chi connectivity index (χ1v) is 9.11. The molecule has 0 saturated carbocycles. The fourth-order valence-corrected chi connectivity index (χ4v) is 3.00. The zero-order chi connectivity index (χ0) is 19.6. The SMILES string of the molecule is [C-]#[N+]/C(=C\c1ccc(O)cc1)C(=O)N1CCN(CCCCCC(=O)O)CC1. The molecule has 0 aromatic heterocycles. The van der Waals surface area contributed by atoms with E-state index in [1.54, 1.807) is 23.1 Å². The number of aromatic hydroxyl groups is 1. The van der Waals surface area contributed by atoms with Crippen LogP contribution < -0.4 is 0 Å². The summed E-state index contributed by atoms with van der Waals surface area (Å²) in [7, 11) is 0. The summed E-state index contributed by atoms with van der Waals surface area (Å²) in [5.74, 6) is -0.876. The van der Waals surface area contributed by atoms with Gasteiger partial charge in [0.25, 0.3) is 11.6 Å². The molecule has 1 saturated heterocycles. The Morgan fingerprint density at radius 3 is 2.33 bits per heavy atom. The second-order valence-corrected chi connectivity index (χ2v) is 6.57. The molecule has 2 rings (SSSR count). The smallest absolute Gasteiger partial charge is 0.303 e. The Morgan fingerprint density at radius 1 is 1.07 bits per heavy atom. The van der Waals surface area contributed by atoms with Gasteiger partial charge in [-0.3, -0.25) is 14.5 Å². The number of hydrogen-bond donors (Lipinski definition) is 2. The maximum atomic E-state index is 12.6. The highest BCUT2D eigenvalue weighted by Crippen LogP contribution is 2.16. The zero-order valence-electron chi connectivity index (χ0n) is 15.3. The van der Waals surface area contributed by atoms with Gasteiger partial charge in [0, 0.05) is 32.6 Å². The summed E-state index contributed by atoms with van der Waals surface area (Å²) < 4.78 is 0. The maximum Gasteiger partial charge on any atom is 0.303 e. The molecule has 1 aliphatic rings. The first-order valence-electron chi connectivity index (χ1n) is 9.11. The molecule has 1 fully saturated rings. The van der Waals surface area contributed by atoms with E-state index in [1.807, 2.05) is 0 Å². The van der Waals surface area contributed by atoms with Crippen molar-refractivity contribution in [3.8, 4) is 5.75 Å². The number of carbonyl (C=O) groups excluding carboxylic acids is 1. The molecule has 27 heavy (non-hydrogen) atoms. The molecule has 1 amide bonds. The average Bonchev–Trinajstić information content (AvgIpc) is 2.67. The van der Waals surface area contributed by atoms with Crippen LogP contribution in [0.2, 0.25) is 0 Å². The third kappa shape index (κ3) is 6.76. The second-order valence-electron chi connectivity index (χ2n) is 6.57. The Hall–Kier alpha value is -2.85. The number of phenolic OH excluding ortho intramolecular Hbond substituents is 1. The lowest BCUT2D eigenvalue weighted by atomic mass is 10.1. The third-order valence-electron chi connectivity index (χ3n) is 4.56. The fourth-order valence-electron chi connectivity index (χ4n) is 3.00. The molecular weight excluding hydrogens is 346 g/mol. The summed E-state index contributed by atoms with van der Waals surface area (Å²) in [5.41, 5.74) is 0.773. The Bertz CT molecular complexity index is 714. The molecule has 144 valence electrons. The van der Waals surface area contributed by atoms with Gasteiger partial charge in [0.15, 0.2) is 0 Å². The first-order chi connectivity index (χ1) is 13.0. The van der Waals surface area contributed by atoms with Crippen molar-refractivity contribution in [2.45, 2.75) is 25.7 Å². The molecule has 2 N–H and O–H groups in total. The van der Waals surface area contributed by atoms with Crippen molar-refractivity contribution in [2.75, 3.05) is 32.7 Å². The monoisotopic (exact) mass is 371 g/mol. The van der Waals surface area contributed by atoms with Crippen LogP contribution in [0.15, 0.2) is 30.0 Å². The standard InChI is InChI=1S/C20H25N3O4/c1-21-18(15-16-6-8-17(24)9-7-16)20(27)23-13-11-22(12-14-23)10-4-2-3-5-19(25)26/h6-9,15,24H,2-5,10-14H2,(H,25,26)/b18-15-. The number of carboxylic acids is 1. The van der Waals surface area contributed by atoms with E-state index in [9.17, 15) is 14.7 Å². The van der Waals surface area contributed by atoms with Gasteiger partial charge in [0.2, 0.25) is 0 Å². The van der Waals surface area contributed by atoms with Crippen molar-refractivity contribution in [3.63, 3.8) is 0 Å². The van der Waals surface area contributed by atoms with Gasteiger partial charge in [-0.2, -0.15) is 0 Å². The zero-order valence-corrected chi connectivity index (χ0v) is 15.3. The molecule has 7 nitrogen and oxygen atoms in total. The van der Waals surface area contributed by atoms with Crippen molar-refractivity contribution in [3.05, 3.63) is 46.9 Å². The molecule has 1 aliphatic heterocycles. The lowest BCUT2D eigenvalue weighted by Crippen LogP contribution is -2.49. The van der Waals surface area contributed by atoms with E-state index in [0.29, 0.717) is 25.1 Å². The molecular formula is C20H25N3O4. The molecule has 1 heterocycles. The van der Waals surface area contributed by atoms with Gasteiger partial charge in [-0.25, -0.2) is 4.85 Å². The number of unbranched alkanes of at least 4 members (excludes halogenated alkanes) is 2. The highest BCUT2D eigenvalue weighted by Gasteiger charge is 2.23. The Labute approximate surface area is 159 Å². The second kappa shape index (κ2) is 10.3. The minimum absolute atomic E-state index is 0.0720. The Kier molecular flexibility index (Phi) is 7.83. The molecule has 0 unspecified atom stereocenters. The van der Waals surface area contributed by atoms with Crippen LogP contribution in [0, 0.1) is 6.57 Å². The van der Waals surface area contributed by atoms with Gasteiger partial charge in [-0.15, -0.1) is 0 Å². The van der Waals surface area contributed by atoms with Crippen molar-refractivity contribution >= 4 is 18.0 Å². The number of benzene rings is 1. The van der Waals surface area contributed by atoms with E-state index in [0.717, 1.165) is 32.5 Å². The van der Waals surface area contributed by atoms with Gasteiger partial charge in [0.05, 0.1) is 6.57 Å². The molecule has 0 aliphatic carbocycles. The van der Waals surface area contributed by atoms with Gasteiger partial charge in [-0.1, -0.05) is 18.6 Å². The molecule has 0 radical (unpaired) electrons. The minimum atomic E-state index is -0.752. The summed E-state index contributed by atoms with van der Waals surface area (Å²) in [6.07, 6.45) is 4.31. The number of amides is 1. The van der Waals surface area contributed by atoms with Crippen LogP contribution in [0.4, 0.5) is 0 Å². The number of rotatable bonds is 8. The molecule has 7 heteroatoms. The van der Waals surface area contributed by atoms with Gasteiger partial charge >= 0.3 is 5.97 Å². The molecule has 0 bridgehead atoms. The van der Waals surface area contributed by atoms with Crippen LogP contribution in [-0.4, -0.2) is 64.6 Å². The summed E-state index contributed by atoms with van der Waals surface area (Å²) in [6.45, 7) is 10.9. The highest BCUT2D eigenvalue weighted by molar-refractivity contribution is 5.99. The van der Waals surface area contributed by atoms with Crippen LogP contribution in [0.5, 0.6) is 5.75 Å². The minimum Gasteiger partial charge on any atom is -0.508 e. The van der Waals surface area contributed by atoms with Crippen molar-refractivity contribution in [1.29, 1.82) is 0 Å². The van der Waals surface area contributed by atoms with Gasteiger partial charge in [-0.05, 0) is 43.2 Å². The van der Waals surface area contributed by atoms with Crippen molar-refractivity contribution in [1.82, 2.24) is 9.80 Å². The molecule has 1 aromatic carbocycles. The van der Waals surface area contributed by atoms with Gasteiger partial charge in [0.1, 0.15) is 5.75 Å². The largest absolute Gasteiger partial charge is 0.508 e. The number of hydrogen-bond acceptors (Lipinski definition) is 4. The van der Waals surface area contributed by atoms with E-state index in [-0.39, 0.29) is 23.8 Å². The number of phenols is 1. The summed E-state index contributed by atoms with van der Waals surface area (Å²) in [5, 5.41) is 17.9. The Balaban J connectivity index is 1.80. The van der Waals surface area contributed by atoms with E-state index in [1.165, 1.54) is 12.1 Å². The third-order valence-corrected chi connectivity index (χ3v) is 4.56. The highest BCUT2D eigenvalue weighted by atomic mass is 16.4. The first kappa shape index (κ1) is 20.5. The topological polar surface area (TPSA) is 85.4 Å². The van der Waals surface area contributed by atoms with Crippen LogP contribution in [0.3, 0.4) is 0 Å². The van der Waals surface area contributed by atoms with E-state index < -0.39 is 5.97 Å². The van der Waals surface area contributed by atoms with E-state index >= 15 is 0 Å². The lowest BCUT2D eigenvalue weighted by molar-refractivity contribution is -0.137. The van der Waals surface area contributed by atoms with Crippen LogP contribution in [-0.2, 0) is 9.59 Å². The van der Waals surface area contributed by atoms with Crippen LogP contribution in [0.1, 0.15) is 31.2 Å². The quantitative estimate of drug-likeness (QED) is 0.416. The predicted octanol–water partition coefficient (Wildman–Crippen LogP) is 2.44. The molecule has 0 spiro atoms. The average molecular weight is 371 g/mol. The van der Waals surface area contributed by atoms with E-state index in [4.69, 9.17) is 11.7 Å². The van der Waals surface area contributed by atoms with E-state index in [2.05, 4.69) is 9.74 Å². The lowest BCUT2D eigenvalue weighted by Gasteiger charge is -2.34.